The molecule has 8 aromatic rings. The number of unbranched alkanes of at least 4 members (excludes halogenated alkanes) is 33. The third-order valence-electron chi connectivity index (χ3n) is 24.0. The van der Waals surface area contributed by atoms with Gasteiger partial charge in [-0.2, -0.15) is 0 Å². The number of thioether (sulfide) groups is 1. The molecule has 2 saturated heterocycles. The number of hydrogen-bond acceptors (Lipinski definition) is 14. The molecule has 0 bridgehead atoms. The van der Waals surface area contributed by atoms with Gasteiger partial charge in [-0.25, -0.2) is 0 Å². The van der Waals surface area contributed by atoms with E-state index in [2.05, 4.69) is 142 Å². The van der Waals surface area contributed by atoms with Crippen LogP contribution in [-0.4, -0.2) is 93.6 Å². The average molecular weight is 1720 g/mol. The van der Waals surface area contributed by atoms with Gasteiger partial charge < -0.3 is 61.6 Å². The molecule has 10 atom stereocenters. The van der Waals surface area contributed by atoms with Gasteiger partial charge in [0.15, 0.2) is 17.8 Å². The topological polar surface area (TPSA) is 120 Å². The number of benzene rings is 8. The summed E-state index contributed by atoms with van der Waals surface area (Å²) >= 11 is 1.68. The highest BCUT2D eigenvalue weighted by Gasteiger charge is 2.52. The minimum Gasteiger partial charge on any atom is -0.490 e. The fourth-order valence-corrected chi connectivity index (χ4v) is 17.9. The van der Waals surface area contributed by atoms with Gasteiger partial charge in [0.25, 0.3) is 0 Å². The van der Waals surface area contributed by atoms with Gasteiger partial charge in [0, 0.05) is 5.75 Å². The molecule has 13 nitrogen and oxygen atoms in total. The monoisotopic (exact) mass is 1720 g/mol. The molecule has 0 N–H and O–H groups in total. The molecule has 2 aliphatic rings. The summed E-state index contributed by atoms with van der Waals surface area (Å²) in [4.78, 5) is 0. The normalized spacial score (nSPS) is 19.0. The van der Waals surface area contributed by atoms with Gasteiger partial charge in [-0.1, -0.05) is 445 Å². The first kappa shape index (κ1) is 99.3. The van der Waals surface area contributed by atoms with Gasteiger partial charge in [0.1, 0.15) is 54.3 Å². The Morgan fingerprint density at radius 1 is 0.242 bits per heavy atom. The smallest absolute Gasteiger partial charge is 0.203 e. The Balaban J connectivity index is 0.982. The molecular formula is C110H154O13S. The zero-order valence-electron chi connectivity index (χ0n) is 76.0. The Labute approximate surface area is 752 Å². The van der Waals surface area contributed by atoms with Gasteiger partial charge in [-0.05, 0) is 75.9 Å². The lowest BCUT2D eigenvalue weighted by molar-refractivity contribution is -0.337. The lowest BCUT2D eigenvalue weighted by Gasteiger charge is -2.48. The summed E-state index contributed by atoms with van der Waals surface area (Å²) in [6.45, 7) is 10.8. The van der Waals surface area contributed by atoms with Crippen molar-refractivity contribution in [2.45, 2.75) is 364 Å². The highest BCUT2D eigenvalue weighted by Crippen LogP contribution is 2.44. The Morgan fingerprint density at radius 3 is 0.839 bits per heavy atom. The van der Waals surface area contributed by atoms with Crippen LogP contribution in [0.1, 0.15) is 296 Å². The van der Waals surface area contributed by atoms with Crippen molar-refractivity contribution in [3.05, 3.63) is 269 Å². The second-order valence-corrected chi connectivity index (χ2v) is 35.5. The Morgan fingerprint density at radius 2 is 0.508 bits per heavy atom. The van der Waals surface area contributed by atoms with E-state index < -0.39 is 60.6 Å². The maximum Gasteiger partial charge on any atom is 0.203 e. The van der Waals surface area contributed by atoms with Gasteiger partial charge in [-0.3, -0.25) is 0 Å². The van der Waals surface area contributed by atoms with Crippen molar-refractivity contribution in [1.29, 1.82) is 0 Å². The second kappa shape index (κ2) is 63.1. The van der Waals surface area contributed by atoms with Crippen molar-refractivity contribution in [2.24, 2.45) is 0 Å². The standard InChI is InChI=1S/C110H154O13S/c1-4-7-10-13-16-19-22-25-28-31-34-58-75-112-98-78-97(79-99(113-76-59-35-32-29-26-23-20-17-14-11-8-5-2)102(98)114-77-60-36-33-30-27-24-21-18-15-12-9-6-3)89-124-110-108(120-86-96-73-56-43-57-74-96)106(118-84-94-69-52-41-53-70-94)104(116-82-92-65-48-39-49-66-92)101(123-110)88-121-109-107(119-85-95-71-54-42-55-72-95)105(117-83-93-67-50-40-51-68-93)103(115-81-91-63-46-38-47-64-91)100(122-109)87-111-80-90-61-44-37-45-62-90/h37-57,61-74,78-79,100-101,103-110H,4-36,58-60,75-77,80-89H2,1-3H3/t100-,101-,103-,104-,105+,106+,107-,108-,109-,110+/m1/s1. The number of hydrogen-bond donors (Lipinski definition) is 0. The first-order chi connectivity index (χ1) is 61.5. The molecule has 0 saturated carbocycles. The van der Waals surface area contributed by atoms with E-state index >= 15 is 0 Å². The molecule has 124 heavy (non-hydrogen) atoms. The molecular weight excluding hydrogens is 1560 g/mol. The van der Waals surface area contributed by atoms with Crippen molar-refractivity contribution in [2.75, 3.05) is 33.0 Å². The molecule has 678 valence electrons. The average Bonchev–Trinajstić information content (AvgIpc) is 0.783. The highest BCUT2D eigenvalue weighted by atomic mass is 32.2. The summed E-state index contributed by atoms with van der Waals surface area (Å²) in [7, 11) is 0. The molecule has 8 aromatic carbocycles. The van der Waals surface area contributed by atoms with E-state index in [-0.39, 0.29) is 39.6 Å². The van der Waals surface area contributed by atoms with E-state index in [4.69, 9.17) is 61.6 Å². The van der Waals surface area contributed by atoms with E-state index in [9.17, 15) is 0 Å². The van der Waals surface area contributed by atoms with Crippen LogP contribution in [0.3, 0.4) is 0 Å². The van der Waals surface area contributed by atoms with Gasteiger partial charge in [0.05, 0.1) is 79.3 Å². The largest absolute Gasteiger partial charge is 0.490 e. The van der Waals surface area contributed by atoms with E-state index in [0.29, 0.717) is 51.1 Å². The summed E-state index contributed by atoms with van der Waals surface area (Å²) in [6.07, 6.45) is 38.9. The molecule has 0 aromatic heterocycles. The SMILES string of the molecule is CCCCCCCCCCCCCCOc1cc(CS[C@@H]2O[C@H](CO[C@@H]3O[C@H](COCc4ccccc4)[C@@H](OCc4ccccc4)[C@H](OCc4ccccc4)[C@H]3OCc3ccccc3)[C@@H](OCc3ccccc3)[C@H](OCc3ccccc3)[C@H]2OCc2ccccc2)cc(OCCCCCCCCCCCCCC)c1OCCCCCCCCCCCCCC. The molecule has 0 spiro atoms. The zero-order chi connectivity index (χ0) is 85.8. The molecule has 2 fully saturated rings. The van der Waals surface area contributed by atoms with Crippen molar-refractivity contribution in [3.8, 4) is 17.2 Å². The number of rotatable bonds is 70. The Kier molecular flexibility index (Phi) is 50.5. The van der Waals surface area contributed by atoms with Crippen molar-refractivity contribution in [1.82, 2.24) is 0 Å². The summed E-state index contributed by atoms with van der Waals surface area (Å²) in [5.41, 5.74) is 7.45. The minimum absolute atomic E-state index is 0.0129. The van der Waals surface area contributed by atoms with Crippen LogP contribution in [0, 0.1) is 0 Å². The highest BCUT2D eigenvalue weighted by molar-refractivity contribution is 7.99. The van der Waals surface area contributed by atoms with E-state index in [1.54, 1.807) is 11.8 Å². The molecule has 0 unspecified atom stereocenters. The van der Waals surface area contributed by atoms with E-state index in [1.807, 2.05) is 103 Å². The molecule has 14 heteroatoms. The van der Waals surface area contributed by atoms with Crippen LogP contribution in [0.15, 0.2) is 224 Å². The zero-order valence-corrected chi connectivity index (χ0v) is 76.8. The van der Waals surface area contributed by atoms with Gasteiger partial charge in [-0.15, -0.1) is 11.8 Å². The quantitative estimate of drug-likeness (QED) is 0.0336. The molecule has 2 aliphatic heterocycles. The summed E-state index contributed by atoms with van der Waals surface area (Å²) in [6, 6.07) is 76.4. The maximum absolute atomic E-state index is 7.79. The third-order valence-corrected chi connectivity index (χ3v) is 25.2. The van der Waals surface area contributed by atoms with Crippen LogP contribution < -0.4 is 14.2 Å². The van der Waals surface area contributed by atoms with Gasteiger partial charge in [0.2, 0.25) is 5.75 Å². The predicted octanol–water partition coefficient (Wildman–Crippen LogP) is 28.4. The molecule has 10 rings (SSSR count). The van der Waals surface area contributed by atoms with Crippen LogP contribution in [-0.2, 0) is 99.4 Å². The summed E-state index contributed by atoms with van der Waals surface area (Å²) in [5.74, 6) is 2.68. The lowest BCUT2D eigenvalue weighted by atomic mass is 9.97. The third kappa shape index (κ3) is 39.0. The van der Waals surface area contributed by atoms with Crippen molar-refractivity contribution >= 4 is 11.8 Å². The van der Waals surface area contributed by atoms with Crippen LogP contribution in [0.4, 0.5) is 0 Å². The lowest BCUT2D eigenvalue weighted by Crippen LogP contribution is -2.63. The van der Waals surface area contributed by atoms with Crippen LogP contribution >= 0.6 is 11.8 Å². The second-order valence-electron chi connectivity index (χ2n) is 34.4. The minimum atomic E-state index is -1.05. The fourth-order valence-electron chi connectivity index (χ4n) is 16.7. The molecule has 0 radical (unpaired) electrons. The first-order valence-electron chi connectivity index (χ1n) is 48.7. The fraction of sp³-hybridized carbons (Fsp3) is 0.564. The predicted molar refractivity (Wildman–Crippen MR) is 507 cm³/mol. The molecule has 0 aliphatic carbocycles. The van der Waals surface area contributed by atoms with Gasteiger partial charge >= 0.3 is 0 Å². The van der Waals surface area contributed by atoms with Crippen molar-refractivity contribution < 1.29 is 61.6 Å². The van der Waals surface area contributed by atoms with Crippen LogP contribution in [0.25, 0.3) is 0 Å². The van der Waals surface area contributed by atoms with Crippen molar-refractivity contribution in [3.63, 3.8) is 0 Å². The van der Waals surface area contributed by atoms with Crippen LogP contribution in [0.2, 0.25) is 0 Å². The van der Waals surface area contributed by atoms with E-state index in [0.717, 1.165) is 94.5 Å². The summed E-state index contributed by atoms with van der Waals surface area (Å²) in [5, 5.41) is 0. The maximum atomic E-state index is 7.79. The summed E-state index contributed by atoms with van der Waals surface area (Å²) < 4.78 is 94.6. The Bertz CT molecular complexity index is 3820. The Hall–Kier alpha value is -6.89. The number of ether oxygens (including phenoxy) is 13. The molecule has 2 heterocycles. The first-order valence-corrected chi connectivity index (χ1v) is 49.7. The van der Waals surface area contributed by atoms with E-state index in [1.165, 1.54) is 193 Å². The van der Waals surface area contributed by atoms with Crippen LogP contribution in [0.5, 0.6) is 17.2 Å². The molecule has 0 amide bonds.